The Morgan fingerprint density at radius 2 is 0.971 bits per heavy atom. The average Bonchev–Trinajstić information content (AvgIpc) is 2.84. The maximum absolute atomic E-state index is 12.4. The van der Waals surface area contributed by atoms with Gasteiger partial charge in [-0.25, -0.2) is 4.79 Å². The minimum absolute atomic E-state index is 0.421. The fourth-order valence-electron chi connectivity index (χ4n) is 4.45. The second-order valence-corrected chi connectivity index (χ2v) is 10.0. The SMILES string of the molecule is CCCCCCCCCCCCCCC(NC(=O)C(O)CCCCCCCCCC)C(=O)OC. The summed E-state index contributed by atoms with van der Waals surface area (Å²) in [5.74, 6) is -0.868. The predicted octanol–water partition coefficient (Wildman–Crippen LogP) is 7.63. The van der Waals surface area contributed by atoms with Crippen molar-refractivity contribution in [3.05, 3.63) is 0 Å². The Labute approximate surface area is 211 Å². The van der Waals surface area contributed by atoms with Crippen LogP contribution in [-0.2, 0) is 14.3 Å². The number of methoxy groups -OCH3 is 1. The molecule has 0 aromatic carbocycles. The molecule has 2 unspecified atom stereocenters. The number of unbranched alkanes of at least 4 members (excludes halogenated alkanes) is 18. The zero-order valence-corrected chi connectivity index (χ0v) is 22.9. The summed E-state index contributed by atoms with van der Waals surface area (Å²) in [6, 6.07) is -0.658. The molecule has 0 saturated carbocycles. The number of amides is 1. The number of hydrogen-bond donors (Lipinski definition) is 2. The molecule has 2 N–H and O–H groups in total. The molecule has 0 aliphatic rings. The van der Waals surface area contributed by atoms with Crippen LogP contribution in [0.3, 0.4) is 0 Å². The fourth-order valence-corrected chi connectivity index (χ4v) is 4.45. The van der Waals surface area contributed by atoms with Gasteiger partial charge in [0.25, 0.3) is 0 Å². The first-order valence-electron chi connectivity index (χ1n) is 14.6. The predicted molar refractivity (Wildman–Crippen MR) is 143 cm³/mol. The van der Waals surface area contributed by atoms with Crippen molar-refractivity contribution in [3.63, 3.8) is 0 Å². The third kappa shape index (κ3) is 20.3. The summed E-state index contributed by atoms with van der Waals surface area (Å²) >= 11 is 0. The molecule has 0 saturated heterocycles. The summed E-state index contributed by atoms with van der Waals surface area (Å²) < 4.78 is 4.87. The van der Waals surface area contributed by atoms with E-state index in [0.29, 0.717) is 12.8 Å². The summed E-state index contributed by atoms with van der Waals surface area (Å²) in [4.78, 5) is 24.5. The van der Waals surface area contributed by atoms with Crippen molar-refractivity contribution >= 4 is 11.9 Å². The highest BCUT2D eigenvalue weighted by atomic mass is 16.5. The van der Waals surface area contributed by atoms with E-state index in [4.69, 9.17) is 4.74 Å². The number of hydrogen-bond acceptors (Lipinski definition) is 4. The number of carbonyl (C=O) groups excluding carboxylic acids is 2. The molecule has 1 amide bonds. The van der Waals surface area contributed by atoms with Crippen LogP contribution in [0.2, 0.25) is 0 Å². The summed E-state index contributed by atoms with van der Waals surface area (Å²) in [5.41, 5.74) is 0. The van der Waals surface area contributed by atoms with Crippen molar-refractivity contribution in [2.24, 2.45) is 0 Å². The summed E-state index contributed by atoms with van der Waals surface area (Å²) in [7, 11) is 1.35. The topological polar surface area (TPSA) is 75.6 Å². The number of aliphatic hydroxyl groups is 1. The summed E-state index contributed by atoms with van der Waals surface area (Å²) in [6.07, 6.45) is 24.5. The molecule has 0 aliphatic heterocycles. The zero-order valence-electron chi connectivity index (χ0n) is 22.9. The molecule has 0 radical (unpaired) electrons. The smallest absolute Gasteiger partial charge is 0.328 e. The van der Waals surface area contributed by atoms with Crippen LogP contribution < -0.4 is 5.32 Å². The number of aliphatic hydroxyl groups excluding tert-OH is 1. The molecule has 0 aromatic heterocycles. The van der Waals surface area contributed by atoms with Crippen LogP contribution in [0.1, 0.15) is 155 Å². The van der Waals surface area contributed by atoms with E-state index in [1.54, 1.807) is 0 Å². The minimum Gasteiger partial charge on any atom is -0.467 e. The van der Waals surface area contributed by atoms with Gasteiger partial charge in [-0.05, 0) is 12.8 Å². The molecule has 0 fully saturated rings. The van der Waals surface area contributed by atoms with E-state index in [1.807, 2.05) is 0 Å². The van der Waals surface area contributed by atoms with Crippen molar-refractivity contribution in [1.82, 2.24) is 5.32 Å². The van der Waals surface area contributed by atoms with Gasteiger partial charge in [0.05, 0.1) is 7.11 Å². The van der Waals surface area contributed by atoms with E-state index in [-0.39, 0.29) is 0 Å². The maximum Gasteiger partial charge on any atom is 0.328 e. The van der Waals surface area contributed by atoms with Crippen LogP contribution in [0.25, 0.3) is 0 Å². The minimum atomic E-state index is -1.05. The van der Waals surface area contributed by atoms with Gasteiger partial charge in [0.2, 0.25) is 5.91 Å². The van der Waals surface area contributed by atoms with Crippen molar-refractivity contribution in [2.75, 3.05) is 7.11 Å². The molecule has 202 valence electrons. The van der Waals surface area contributed by atoms with Gasteiger partial charge in [0.15, 0.2) is 0 Å². The van der Waals surface area contributed by atoms with Gasteiger partial charge in [-0.2, -0.15) is 0 Å². The van der Waals surface area contributed by atoms with E-state index in [9.17, 15) is 14.7 Å². The Hall–Kier alpha value is -1.10. The first-order valence-corrected chi connectivity index (χ1v) is 14.6. The number of rotatable bonds is 25. The molecule has 34 heavy (non-hydrogen) atoms. The van der Waals surface area contributed by atoms with Crippen LogP contribution in [0.5, 0.6) is 0 Å². The quantitative estimate of drug-likeness (QED) is 0.103. The molecular weight excluding hydrogens is 426 g/mol. The Kier molecular flexibility index (Phi) is 24.2. The normalized spacial score (nSPS) is 12.9. The van der Waals surface area contributed by atoms with E-state index in [2.05, 4.69) is 19.2 Å². The van der Waals surface area contributed by atoms with Crippen molar-refractivity contribution < 1.29 is 19.4 Å². The molecular formula is C29H57NO4. The lowest BCUT2D eigenvalue weighted by molar-refractivity contribution is -0.146. The number of ether oxygens (including phenoxy) is 1. The van der Waals surface area contributed by atoms with Gasteiger partial charge in [0.1, 0.15) is 12.1 Å². The van der Waals surface area contributed by atoms with Gasteiger partial charge in [-0.3, -0.25) is 4.79 Å². The molecule has 0 heterocycles. The third-order valence-electron chi connectivity index (χ3n) is 6.78. The van der Waals surface area contributed by atoms with Crippen LogP contribution in [-0.4, -0.2) is 36.2 Å². The largest absolute Gasteiger partial charge is 0.467 e. The standard InChI is InChI=1S/C29H57NO4/c1-4-6-8-10-12-14-15-16-17-18-20-22-24-26(29(33)34-3)30-28(32)27(31)25-23-21-19-13-11-9-7-5-2/h26-27,31H,4-25H2,1-3H3,(H,30,32). The maximum atomic E-state index is 12.4. The monoisotopic (exact) mass is 483 g/mol. The van der Waals surface area contributed by atoms with E-state index in [0.717, 1.165) is 32.1 Å². The second-order valence-electron chi connectivity index (χ2n) is 10.0. The summed E-state index contributed by atoms with van der Waals surface area (Å²) in [6.45, 7) is 4.47. The molecule has 0 aromatic rings. The molecule has 0 rings (SSSR count). The number of nitrogens with one attached hydrogen (secondary N) is 1. The lowest BCUT2D eigenvalue weighted by Gasteiger charge is -2.19. The molecule has 0 bridgehead atoms. The van der Waals surface area contributed by atoms with Crippen LogP contribution in [0.4, 0.5) is 0 Å². The van der Waals surface area contributed by atoms with Crippen LogP contribution in [0, 0.1) is 0 Å². The lowest BCUT2D eigenvalue weighted by Crippen LogP contribution is -2.46. The average molecular weight is 484 g/mol. The Morgan fingerprint density at radius 3 is 1.35 bits per heavy atom. The fraction of sp³-hybridized carbons (Fsp3) is 0.931. The van der Waals surface area contributed by atoms with Gasteiger partial charge in [0, 0.05) is 0 Å². The van der Waals surface area contributed by atoms with E-state index < -0.39 is 24.0 Å². The first kappa shape index (κ1) is 32.9. The Morgan fingerprint density at radius 1 is 0.618 bits per heavy atom. The lowest BCUT2D eigenvalue weighted by atomic mass is 10.0. The third-order valence-corrected chi connectivity index (χ3v) is 6.78. The Bertz CT molecular complexity index is 469. The highest BCUT2D eigenvalue weighted by Gasteiger charge is 2.24. The van der Waals surface area contributed by atoms with Crippen molar-refractivity contribution in [3.8, 4) is 0 Å². The molecule has 5 nitrogen and oxygen atoms in total. The van der Waals surface area contributed by atoms with Crippen LogP contribution in [0.15, 0.2) is 0 Å². The molecule has 5 heteroatoms. The summed E-state index contributed by atoms with van der Waals surface area (Å²) in [5, 5.41) is 12.9. The highest BCUT2D eigenvalue weighted by Crippen LogP contribution is 2.14. The Balaban J connectivity index is 3.89. The molecule has 2 atom stereocenters. The zero-order chi connectivity index (χ0) is 25.3. The van der Waals surface area contributed by atoms with Crippen molar-refractivity contribution in [1.29, 1.82) is 0 Å². The van der Waals surface area contributed by atoms with Gasteiger partial charge in [-0.15, -0.1) is 0 Å². The number of esters is 1. The van der Waals surface area contributed by atoms with Gasteiger partial charge >= 0.3 is 5.97 Å². The van der Waals surface area contributed by atoms with Gasteiger partial charge < -0.3 is 15.2 Å². The second kappa shape index (κ2) is 25.0. The van der Waals surface area contributed by atoms with Crippen LogP contribution >= 0.6 is 0 Å². The van der Waals surface area contributed by atoms with E-state index >= 15 is 0 Å². The van der Waals surface area contributed by atoms with E-state index in [1.165, 1.54) is 103 Å². The van der Waals surface area contributed by atoms with Crippen molar-refractivity contribution in [2.45, 2.75) is 167 Å². The first-order chi connectivity index (χ1) is 16.6. The van der Waals surface area contributed by atoms with Gasteiger partial charge in [-0.1, -0.05) is 142 Å². The number of carbonyl (C=O) groups is 2. The molecule has 0 aliphatic carbocycles. The molecule has 0 spiro atoms. The highest BCUT2D eigenvalue weighted by molar-refractivity contribution is 5.86.